The summed E-state index contributed by atoms with van der Waals surface area (Å²) in [4.78, 5) is 37.7. The van der Waals surface area contributed by atoms with E-state index in [1.165, 1.54) is 6.08 Å². The van der Waals surface area contributed by atoms with Crippen LogP contribution in [0.3, 0.4) is 0 Å². The van der Waals surface area contributed by atoms with Crippen molar-refractivity contribution in [1.82, 2.24) is 5.32 Å². The summed E-state index contributed by atoms with van der Waals surface area (Å²) in [6.45, 7) is 8.69. The number of nitrogens with one attached hydrogen (secondary N) is 1. The Balaban J connectivity index is 3.52. The number of carbonyl (C=O) groups is 3. The largest absolute Gasteiger partial charge is 0.467 e. The maximum absolute atomic E-state index is 12.7. The molecule has 1 N–H and O–H groups in total. The average molecular weight is 363 g/mol. The van der Waals surface area contributed by atoms with Gasteiger partial charge in [0.2, 0.25) is 5.54 Å². The molecule has 1 amide bonds. The molecule has 1 rings (SSSR count). The molecule has 0 aliphatic heterocycles. The second-order valence-corrected chi connectivity index (χ2v) is 6.54. The summed E-state index contributed by atoms with van der Waals surface area (Å²) in [5, 5.41) is 2.36. The van der Waals surface area contributed by atoms with E-state index >= 15 is 0 Å². The Morgan fingerprint density at radius 1 is 1.04 bits per heavy atom. The molecule has 1 atom stereocenters. The van der Waals surface area contributed by atoms with Crippen LogP contribution < -0.4 is 5.32 Å². The summed E-state index contributed by atoms with van der Waals surface area (Å²) in [6, 6.07) is 8.65. The Bertz CT molecular complexity index is 646. The summed E-state index contributed by atoms with van der Waals surface area (Å²) in [7, 11) is 2.23. The van der Waals surface area contributed by atoms with Gasteiger partial charge in [-0.1, -0.05) is 36.4 Å². The number of hydrogen-bond acceptors (Lipinski definition) is 6. The Labute approximate surface area is 153 Å². The normalized spacial score (nSPS) is 12.5. The summed E-state index contributed by atoms with van der Waals surface area (Å²) < 4.78 is 14.8. The monoisotopic (exact) mass is 363 g/mol. The van der Waals surface area contributed by atoms with Crippen LogP contribution >= 0.6 is 0 Å². The van der Waals surface area contributed by atoms with Crippen LogP contribution in [0.2, 0.25) is 0 Å². The summed E-state index contributed by atoms with van der Waals surface area (Å²) in [6.07, 6.45) is 0.414. The molecule has 0 heterocycles. The van der Waals surface area contributed by atoms with Crippen LogP contribution in [0.1, 0.15) is 32.3 Å². The smallest absolute Gasteiger partial charge is 0.409 e. The third-order valence-electron chi connectivity index (χ3n) is 3.57. The molecule has 0 aliphatic rings. The number of amides is 1. The van der Waals surface area contributed by atoms with E-state index in [4.69, 9.17) is 14.2 Å². The van der Waals surface area contributed by atoms with Crippen molar-refractivity contribution in [3.63, 3.8) is 0 Å². The highest BCUT2D eigenvalue weighted by molar-refractivity contribution is 6.08. The average Bonchev–Trinajstić information content (AvgIpc) is 2.59. The predicted molar refractivity (Wildman–Crippen MR) is 95.5 cm³/mol. The highest BCUT2D eigenvalue weighted by atomic mass is 16.6. The number of esters is 2. The minimum absolute atomic E-state index is 0.564. The van der Waals surface area contributed by atoms with Gasteiger partial charge in [0, 0.05) is 5.92 Å². The molecule has 7 nitrogen and oxygen atoms in total. The molecule has 0 saturated carbocycles. The van der Waals surface area contributed by atoms with Crippen molar-refractivity contribution in [3.05, 3.63) is 48.6 Å². The maximum Gasteiger partial charge on any atom is 0.409 e. The number of methoxy groups -OCH3 is 2. The van der Waals surface area contributed by atoms with Gasteiger partial charge in [0.25, 0.3) is 0 Å². The van der Waals surface area contributed by atoms with Crippen LogP contribution in [-0.4, -0.2) is 43.4 Å². The molecule has 0 aromatic heterocycles. The Hall–Kier alpha value is -2.83. The fraction of sp³-hybridized carbons (Fsp3) is 0.421. The second-order valence-electron chi connectivity index (χ2n) is 6.54. The number of rotatable bonds is 6. The molecule has 0 aliphatic carbocycles. The first-order chi connectivity index (χ1) is 12.1. The van der Waals surface area contributed by atoms with Crippen molar-refractivity contribution >= 4 is 18.0 Å². The minimum atomic E-state index is -2.19. The number of ether oxygens (including phenoxy) is 3. The van der Waals surface area contributed by atoms with Gasteiger partial charge in [0.15, 0.2) is 0 Å². The molecule has 0 fully saturated rings. The highest BCUT2D eigenvalue weighted by Crippen LogP contribution is 2.32. The van der Waals surface area contributed by atoms with Gasteiger partial charge in [-0.25, -0.2) is 14.4 Å². The van der Waals surface area contributed by atoms with Gasteiger partial charge in [0.05, 0.1) is 14.2 Å². The predicted octanol–water partition coefficient (Wildman–Crippen LogP) is 2.57. The topological polar surface area (TPSA) is 90.9 Å². The lowest BCUT2D eigenvalue weighted by Crippen LogP contribution is -2.64. The van der Waals surface area contributed by atoms with E-state index in [1.54, 1.807) is 51.1 Å². The van der Waals surface area contributed by atoms with E-state index in [0.717, 1.165) is 14.2 Å². The van der Waals surface area contributed by atoms with Crippen molar-refractivity contribution in [2.75, 3.05) is 14.2 Å². The van der Waals surface area contributed by atoms with E-state index in [9.17, 15) is 14.4 Å². The lowest BCUT2D eigenvalue weighted by Gasteiger charge is -2.35. The molecule has 1 aromatic carbocycles. The maximum atomic E-state index is 12.7. The summed E-state index contributed by atoms with van der Waals surface area (Å²) in [5.41, 5.74) is -2.46. The lowest BCUT2D eigenvalue weighted by molar-refractivity contribution is -0.164. The second kappa shape index (κ2) is 8.51. The van der Waals surface area contributed by atoms with Crippen LogP contribution in [0.5, 0.6) is 0 Å². The molecule has 26 heavy (non-hydrogen) atoms. The van der Waals surface area contributed by atoms with Crippen molar-refractivity contribution in [2.24, 2.45) is 0 Å². The van der Waals surface area contributed by atoms with Gasteiger partial charge in [0.1, 0.15) is 5.60 Å². The van der Waals surface area contributed by atoms with E-state index in [-0.39, 0.29) is 0 Å². The third-order valence-corrected chi connectivity index (χ3v) is 3.57. The van der Waals surface area contributed by atoms with Gasteiger partial charge in [-0.2, -0.15) is 0 Å². The molecule has 0 radical (unpaired) electrons. The summed E-state index contributed by atoms with van der Waals surface area (Å²) >= 11 is 0. The fourth-order valence-electron chi connectivity index (χ4n) is 2.53. The highest BCUT2D eigenvalue weighted by Gasteiger charge is 2.56. The molecular formula is C19H25NO6. The fourth-order valence-corrected chi connectivity index (χ4v) is 2.53. The van der Waals surface area contributed by atoms with Crippen molar-refractivity contribution in [1.29, 1.82) is 0 Å². The van der Waals surface area contributed by atoms with Gasteiger partial charge in [-0.3, -0.25) is 5.32 Å². The third kappa shape index (κ3) is 4.62. The number of carbonyl (C=O) groups excluding carboxylic acids is 3. The molecular weight excluding hydrogens is 338 g/mol. The van der Waals surface area contributed by atoms with Crippen molar-refractivity contribution in [3.8, 4) is 0 Å². The molecule has 0 spiro atoms. The SMILES string of the molecule is C=C[C@H](c1ccccc1)C(NC(=O)OC(C)(C)C)(C(=O)OC)C(=O)OC. The van der Waals surface area contributed by atoms with Gasteiger partial charge in [-0.05, 0) is 26.3 Å². The van der Waals surface area contributed by atoms with E-state index in [0.29, 0.717) is 5.56 Å². The Morgan fingerprint density at radius 2 is 1.54 bits per heavy atom. The van der Waals surface area contributed by atoms with Gasteiger partial charge in [-0.15, -0.1) is 6.58 Å². The van der Waals surface area contributed by atoms with Gasteiger partial charge < -0.3 is 14.2 Å². The van der Waals surface area contributed by atoms with Crippen LogP contribution in [0.4, 0.5) is 4.79 Å². The summed E-state index contributed by atoms with van der Waals surface area (Å²) in [5.74, 6) is -2.94. The van der Waals surface area contributed by atoms with Crippen LogP contribution in [0.25, 0.3) is 0 Å². The zero-order chi connectivity index (χ0) is 20.0. The van der Waals surface area contributed by atoms with Gasteiger partial charge >= 0.3 is 18.0 Å². The first-order valence-corrected chi connectivity index (χ1v) is 7.97. The first kappa shape index (κ1) is 21.2. The first-order valence-electron chi connectivity index (χ1n) is 7.97. The van der Waals surface area contributed by atoms with E-state index < -0.39 is 35.1 Å². The Morgan fingerprint density at radius 3 is 1.92 bits per heavy atom. The quantitative estimate of drug-likeness (QED) is 0.361. The van der Waals surface area contributed by atoms with E-state index in [1.807, 2.05) is 0 Å². The zero-order valence-corrected chi connectivity index (χ0v) is 15.7. The zero-order valence-electron chi connectivity index (χ0n) is 15.7. The van der Waals surface area contributed by atoms with Crippen LogP contribution in [-0.2, 0) is 23.8 Å². The number of alkyl carbamates (subject to hydrolysis) is 1. The molecule has 1 aromatic rings. The minimum Gasteiger partial charge on any atom is -0.467 e. The van der Waals surface area contributed by atoms with Crippen LogP contribution in [0.15, 0.2) is 43.0 Å². The standard InChI is InChI=1S/C19H25NO6/c1-7-14(13-11-9-8-10-12-13)19(15(21)24-5,16(22)25-6)20-17(23)26-18(2,3)4/h7-12,14H,1H2,2-6H3,(H,20,23)/t14-/m1/s1. The number of benzene rings is 1. The van der Waals surface area contributed by atoms with E-state index in [2.05, 4.69) is 11.9 Å². The molecule has 142 valence electrons. The van der Waals surface area contributed by atoms with Crippen molar-refractivity contribution in [2.45, 2.75) is 37.8 Å². The molecule has 7 heteroatoms. The molecule has 0 saturated heterocycles. The lowest BCUT2D eigenvalue weighted by atomic mass is 9.79. The number of hydrogen-bond donors (Lipinski definition) is 1. The van der Waals surface area contributed by atoms with Crippen LogP contribution in [0, 0.1) is 0 Å². The Kier molecular flexibility index (Phi) is 6.94. The van der Waals surface area contributed by atoms with Crippen molar-refractivity contribution < 1.29 is 28.6 Å². The molecule has 0 unspecified atom stereocenters. The molecule has 0 bridgehead atoms.